The van der Waals surface area contributed by atoms with Gasteiger partial charge in [0.05, 0.1) is 32.2 Å². The molecule has 16 heteroatoms. The van der Waals surface area contributed by atoms with Gasteiger partial charge in [-0.25, -0.2) is 9.97 Å². The first-order valence-corrected chi connectivity index (χ1v) is 21.4. The number of nitrogens with one attached hydrogen (secondary N) is 1. The van der Waals surface area contributed by atoms with Crippen LogP contribution in [0.4, 0.5) is 11.6 Å². The fraction of sp³-hybridized carbons (Fsp3) is 0.523. The number of halogens is 1. The molecule has 322 valence electrons. The molecule has 3 amide bonds. The number of piperidine rings is 1. The highest BCUT2D eigenvalue weighted by Crippen LogP contribution is 2.26. The normalized spacial score (nSPS) is 21.6. The molecule has 0 saturated carbocycles. The minimum atomic E-state index is -0.431. The Morgan fingerprint density at radius 3 is 1.73 bits per heavy atom. The van der Waals surface area contributed by atoms with E-state index in [1.165, 1.54) is 0 Å². The third-order valence-electron chi connectivity index (χ3n) is 12.1. The van der Waals surface area contributed by atoms with Gasteiger partial charge >= 0.3 is 0 Å². The number of amides is 3. The van der Waals surface area contributed by atoms with Crippen LogP contribution in [0.3, 0.4) is 0 Å². The Morgan fingerprint density at radius 2 is 1.27 bits per heavy atom. The summed E-state index contributed by atoms with van der Waals surface area (Å²) in [5, 5.41) is 3.07. The molecule has 3 fully saturated rings. The number of aromatic nitrogens is 2. The quantitative estimate of drug-likeness (QED) is 0.139. The van der Waals surface area contributed by atoms with Crippen LogP contribution in [-0.2, 0) is 32.0 Å². The summed E-state index contributed by atoms with van der Waals surface area (Å²) in [5.41, 5.74) is 14.0. The van der Waals surface area contributed by atoms with Gasteiger partial charge in [0.15, 0.2) is 34.0 Å². The zero-order chi connectivity index (χ0) is 42.8. The number of hydrogen-bond acceptors (Lipinski definition) is 11. The lowest BCUT2D eigenvalue weighted by molar-refractivity contribution is -0.933. The van der Waals surface area contributed by atoms with Crippen LogP contribution in [0.5, 0.6) is 11.5 Å². The molecule has 1 aromatic heterocycles. The Labute approximate surface area is 356 Å². The Morgan fingerprint density at radius 1 is 0.767 bits per heavy atom. The van der Waals surface area contributed by atoms with Crippen LogP contribution in [0, 0.1) is 11.8 Å². The number of quaternary nitrogens is 1. The summed E-state index contributed by atoms with van der Waals surface area (Å²) in [6.07, 6.45) is 7.11. The molecule has 3 aromatic rings. The molecule has 0 bridgehead atoms. The Kier molecular flexibility index (Phi) is 15.0. The second-order valence-electron chi connectivity index (χ2n) is 16.7. The zero-order valence-electron chi connectivity index (χ0n) is 34.7. The topological polar surface area (TPSA) is 200 Å². The van der Waals surface area contributed by atoms with E-state index in [-0.39, 0.29) is 89.8 Å². The van der Waals surface area contributed by atoms with Gasteiger partial charge in [-0.2, -0.15) is 0 Å². The maximum Gasteiger partial charge on any atom is 0.274 e. The summed E-state index contributed by atoms with van der Waals surface area (Å²) >= 11 is 6.08. The van der Waals surface area contributed by atoms with E-state index in [4.69, 9.17) is 32.5 Å². The SMILES string of the molecule is CN1CCC(CC(=O)COc2ccc(CCC[N+]3(CCCc4ccc(OCC(=O)CC5CCN(C)C5=O)cc4)CCC[C@H](NC(=O)c4nc(Cl)c(N)nc4N)C3)cc2)C1=O. The first kappa shape index (κ1) is 44.3. The van der Waals surface area contributed by atoms with Crippen molar-refractivity contribution < 1.29 is 37.9 Å². The highest BCUT2D eigenvalue weighted by atomic mass is 35.5. The average Bonchev–Trinajstić information content (AvgIpc) is 3.72. The van der Waals surface area contributed by atoms with Crippen molar-refractivity contribution in [1.29, 1.82) is 0 Å². The number of nitrogens with two attached hydrogens (primary N) is 2. The number of hydrogen-bond donors (Lipinski definition) is 3. The molecule has 3 saturated heterocycles. The minimum absolute atomic E-state index is 0.0253. The van der Waals surface area contributed by atoms with E-state index in [0.717, 1.165) is 80.3 Å². The van der Waals surface area contributed by atoms with Crippen molar-refractivity contribution in [2.45, 2.75) is 70.3 Å². The molecule has 0 aliphatic carbocycles. The van der Waals surface area contributed by atoms with Gasteiger partial charge < -0.3 is 40.5 Å². The van der Waals surface area contributed by atoms with E-state index in [0.29, 0.717) is 37.4 Å². The van der Waals surface area contributed by atoms with Crippen molar-refractivity contribution in [2.75, 3.05) is 78.0 Å². The molecule has 0 spiro atoms. The number of ketones is 2. The minimum Gasteiger partial charge on any atom is -0.486 e. The van der Waals surface area contributed by atoms with Gasteiger partial charge in [-0.15, -0.1) is 0 Å². The van der Waals surface area contributed by atoms with Crippen molar-refractivity contribution in [2.24, 2.45) is 11.8 Å². The van der Waals surface area contributed by atoms with E-state index in [1.807, 2.05) is 48.5 Å². The predicted octanol–water partition coefficient (Wildman–Crippen LogP) is 3.90. The zero-order valence-corrected chi connectivity index (χ0v) is 35.5. The molecule has 2 unspecified atom stereocenters. The summed E-state index contributed by atoms with van der Waals surface area (Å²) in [4.78, 5) is 74.2. The van der Waals surface area contributed by atoms with Crippen molar-refractivity contribution in [3.8, 4) is 11.5 Å². The lowest BCUT2D eigenvalue weighted by Gasteiger charge is -2.45. The van der Waals surface area contributed by atoms with Gasteiger partial charge in [-0.1, -0.05) is 35.9 Å². The second kappa shape index (κ2) is 20.3. The lowest BCUT2D eigenvalue weighted by Crippen LogP contribution is -2.60. The number of benzene rings is 2. The summed E-state index contributed by atoms with van der Waals surface area (Å²) in [5.74, 6) is 0.0974. The van der Waals surface area contributed by atoms with Crippen molar-refractivity contribution in [3.05, 3.63) is 70.5 Å². The summed E-state index contributed by atoms with van der Waals surface area (Å²) in [6, 6.07) is 15.6. The number of anilines is 2. The second-order valence-corrected chi connectivity index (χ2v) is 17.0. The number of carbonyl (C=O) groups is 5. The van der Waals surface area contributed by atoms with E-state index >= 15 is 0 Å². The van der Waals surface area contributed by atoms with Gasteiger partial charge in [0.1, 0.15) is 24.7 Å². The average molecular weight is 846 g/mol. The highest BCUT2D eigenvalue weighted by Gasteiger charge is 2.36. The molecule has 5 N–H and O–H groups in total. The molecule has 15 nitrogen and oxygen atoms in total. The van der Waals surface area contributed by atoms with E-state index in [1.54, 1.807) is 23.9 Å². The largest absolute Gasteiger partial charge is 0.486 e. The third kappa shape index (κ3) is 11.9. The molecule has 2 aromatic carbocycles. The molecule has 3 atom stereocenters. The first-order valence-electron chi connectivity index (χ1n) is 21.0. The first-order chi connectivity index (χ1) is 28.8. The molecule has 60 heavy (non-hydrogen) atoms. The van der Waals surface area contributed by atoms with E-state index < -0.39 is 5.91 Å². The number of aryl methyl sites for hydroxylation is 2. The van der Waals surface area contributed by atoms with Gasteiger partial charge in [-0.3, -0.25) is 24.0 Å². The third-order valence-corrected chi connectivity index (χ3v) is 12.4. The number of rotatable bonds is 20. The van der Waals surface area contributed by atoms with E-state index in [9.17, 15) is 24.0 Å². The van der Waals surface area contributed by atoms with E-state index in [2.05, 4.69) is 15.3 Å². The van der Waals surface area contributed by atoms with Crippen LogP contribution >= 0.6 is 11.6 Å². The van der Waals surface area contributed by atoms with Gasteiger partial charge in [0.25, 0.3) is 5.91 Å². The lowest BCUT2D eigenvalue weighted by atomic mass is 9.99. The fourth-order valence-electron chi connectivity index (χ4n) is 8.73. The van der Waals surface area contributed by atoms with Crippen molar-refractivity contribution >= 4 is 52.5 Å². The molecule has 6 rings (SSSR count). The molecule has 3 aliphatic heterocycles. The molecular formula is C44H58ClN8O7+. The summed E-state index contributed by atoms with van der Waals surface area (Å²) in [6.45, 7) is 4.80. The predicted molar refractivity (Wildman–Crippen MR) is 227 cm³/mol. The van der Waals surface area contributed by atoms with Crippen LogP contribution in [0.2, 0.25) is 5.15 Å². The molecule has 4 heterocycles. The van der Waals surface area contributed by atoms with Crippen molar-refractivity contribution in [3.63, 3.8) is 0 Å². The highest BCUT2D eigenvalue weighted by molar-refractivity contribution is 6.31. The molecular weight excluding hydrogens is 788 g/mol. The van der Waals surface area contributed by atoms with Gasteiger partial charge in [-0.05, 0) is 73.9 Å². The van der Waals surface area contributed by atoms with Crippen LogP contribution < -0.4 is 26.3 Å². The number of likely N-dealkylation sites (tertiary alicyclic amines) is 3. The maximum absolute atomic E-state index is 13.3. The molecule has 3 aliphatic rings. The van der Waals surface area contributed by atoms with Gasteiger partial charge in [0.2, 0.25) is 11.8 Å². The fourth-order valence-corrected chi connectivity index (χ4v) is 8.85. The van der Waals surface area contributed by atoms with Crippen LogP contribution in [0.25, 0.3) is 0 Å². The van der Waals surface area contributed by atoms with Gasteiger partial charge in [0, 0.05) is 64.7 Å². The number of ether oxygens (including phenoxy) is 2. The number of Topliss-reactive ketones (excluding diaryl/α,β-unsaturated/α-hetero) is 2. The maximum atomic E-state index is 13.3. The number of carbonyl (C=O) groups excluding carboxylic acids is 5. The molecule has 0 radical (unpaired) electrons. The Hall–Kier alpha value is -5.28. The Bertz CT molecular complexity index is 1920. The van der Waals surface area contributed by atoms with Crippen LogP contribution in [0.1, 0.15) is 73.0 Å². The smallest absolute Gasteiger partial charge is 0.274 e. The van der Waals surface area contributed by atoms with Crippen LogP contribution in [0.15, 0.2) is 48.5 Å². The standard InChI is InChI=1S/C44H57ClN8O7/c1-51-19-17-31(43(51)57)24-34(54)27-59-36-13-9-29(10-14-36)6-3-21-53(23-5-8-33(26-53)48-42(56)38-40(46)50-41(47)39(45)49-38)22-4-7-30-11-15-37(16-12-30)60-28-35(55)25-32-18-20-52(2)44(32)58/h9-16,31-33H,3-8,17-28H2,1-2H3,(H4-,46,47,48,50,56)/p+1/t31?,32?,33-,53?/m0/s1. The summed E-state index contributed by atoms with van der Waals surface area (Å²) in [7, 11) is 3.53. The Balaban J connectivity index is 1.02. The number of nitrogens with zero attached hydrogens (tertiary/aromatic N) is 5. The monoisotopic (exact) mass is 845 g/mol. The van der Waals surface area contributed by atoms with Crippen molar-refractivity contribution in [1.82, 2.24) is 25.1 Å². The summed E-state index contributed by atoms with van der Waals surface area (Å²) < 4.78 is 12.4. The van der Waals surface area contributed by atoms with Crippen LogP contribution in [-0.4, -0.2) is 126 Å². The number of nitrogen functional groups attached to an aromatic ring is 2.